The maximum atomic E-state index is 12.3. The Bertz CT molecular complexity index is 630. The Hall–Kier alpha value is -2.64. The van der Waals surface area contributed by atoms with E-state index in [4.69, 9.17) is 10.00 Å². The van der Waals surface area contributed by atoms with Crippen molar-refractivity contribution in [2.24, 2.45) is 0 Å². The number of carbonyl (C=O) groups is 1. The molecule has 0 aliphatic rings. The van der Waals surface area contributed by atoms with Gasteiger partial charge >= 0.3 is 0 Å². The number of amides is 1. The minimum absolute atomic E-state index is 0.225. The third-order valence-electron chi connectivity index (χ3n) is 3.08. The molecule has 0 aliphatic heterocycles. The van der Waals surface area contributed by atoms with E-state index in [-0.39, 0.29) is 5.91 Å². The SMILES string of the molecule is CO[C@@H](C(=O)Nc1ccc(CC#N)cc1)c1ccccc1. The number of rotatable bonds is 5. The third kappa shape index (κ3) is 3.91. The molecule has 0 unspecified atom stereocenters. The molecule has 0 spiro atoms. The molecule has 1 atom stereocenters. The number of nitrogens with zero attached hydrogens (tertiary/aromatic N) is 1. The molecular weight excluding hydrogens is 264 g/mol. The molecule has 0 heterocycles. The van der Waals surface area contributed by atoms with Gasteiger partial charge in [0.25, 0.3) is 5.91 Å². The molecule has 0 aliphatic carbocycles. The Morgan fingerprint density at radius 2 is 1.86 bits per heavy atom. The van der Waals surface area contributed by atoms with Gasteiger partial charge in [0.1, 0.15) is 0 Å². The number of anilines is 1. The summed E-state index contributed by atoms with van der Waals surface area (Å²) >= 11 is 0. The normalized spacial score (nSPS) is 11.4. The topological polar surface area (TPSA) is 62.1 Å². The van der Waals surface area contributed by atoms with Gasteiger partial charge in [0.15, 0.2) is 6.10 Å². The average Bonchev–Trinajstić information content (AvgIpc) is 2.51. The van der Waals surface area contributed by atoms with E-state index in [2.05, 4.69) is 11.4 Å². The van der Waals surface area contributed by atoms with Crippen molar-refractivity contribution in [3.05, 3.63) is 65.7 Å². The Labute approximate surface area is 124 Å². The van der Waals surface area contributed by atoms with Gasteiger partial charge in [-0.05, 0) is 23.3 Å². The van der Waals surface area contributed by atoms with Gasteiger partial charge in [-0.2, -0.15) is 5.26 Å². The van der Waals surface area contributed by atoms with Crippen molar-refractivity contribution in [1.82, 2.24) is 0 Å². The van der Waals surface area contributed by atoms with Crippen molar-refractivity contribution in [2.45, 2.75) is 12.5 Å². The Morgan fingerprint density at radius 1 is 1.19 bits per heavy atom. The van der Waals surface area contributed by atoms with Crippen LogP contribution < -0.4 is 5.32 Å². The van der Waals surface area contributed by atoms with Crippen LogP contribution in [0.1, 0.15) is 17.2 Å². The molecule has 2 aromatic carbocycles. The summed E-state index contributed by atoms with van der Waals surface area (Å²) in [6.07, 6.45) is -0.288. The Balaban J connectivity index is 2.07. The summed E-state index contributed by atoms with van der Waals surface area (Å²) in [4.78, 5) is 12.3. The molecule has 106 valence electrons. The fourth-order valence-corrected chi connectivity index (χ4v) is 2.03. The standard InChI is InChI=1S/C17H16N2O2/c1-21-16(14-5-3-2-4-6-14)17(20)19-15-9-7-13(8-10-15)11-12-18/h2-10,16H,11H2,1H3,(H,19,20)/t16-/m1/s1. The maximum absolute atomic E-state index is 12.3. The number of nitriles is 1. The van der Waals surface area contributed by atoms with Crippen LogP contribution in [0.3, 0.4) is 0 Å². The quantitative estimate of drug-likeness (QED) is 0.915. The highest BCUT2D eigenvalue weighted by Crippen LogP contribution is 2.19. The second kappa shape index (κ2) is 7.22. The van der Waals surface area contributed by atoms with Crippen molar-refractivity contribution < 1.29 is 9.53 Å². The highest BCUT2D eigenvalue weighted by molar-refractivity contribution is 5.94. The van der Waals surface area contributed by atoms with E-state index < -0.39 is 6.10 Å². The first-order valence-electron chi connectivity index (χ1n) is 6.59. The van der Waals surface area contributed by atoms with Gasteiger partial charge in [0.05, 0.1) is 12.5 Å². The lowest BCUT2D eigenvalue weighted by atomic mass is 10.1. The van der Waals surface area contributed by atoms with Crippen LogP contribution >= 0.6 is 0 Å². The molecule has 0 bridgehead atoms. The van der Waals surface area contributed by atoms with Gasteiger partial charge in [-0.15, -0.1) is 0 Å². The Morgan fingerprint density at radius 3 is 2.43 bits per heavy atom. The number of nitrogens with one attached hydrogen (secondary N) is 1. The summed E-state index contributed by atoms with van der Waals surface area (Å²) in [6.45, 7) is 0. The van der Waals surface area contributed by atoms with Crippen molar-refractivity contribution >= 4 is 11.6 Å². The summed E-state index contributed by atoms with van der Waals surface area (Å²) in [5.74, 6) is -0.225. The number of hydrogen-bond acceptors (Lipinski definition) is 3. The molecule has 0 saturated carbocycles. The minimum atomic E-state index is -0.648. The second-order valence-electron chi connectivity index (χ2n) is 4.55. The summed E-state index contributed by atoms with van der Waals surface area (Å²) in [6, 6.07) is 18.6. The van der Waals surface area contributed by atoms with Crippen LogP contribution in [0.4, 0.5) is 5.69 Å². The zero-order valence-electron chi connectivity index (χ0n) is 11.7. The third-order valence-corrected chi connectivity index (χ3v) is 3.08. The zero-order chi connectivity index (χ0) is 15.1. The molecule has 4 heteroatoms. The lowest BCUT2D eigenvalue weighted by molar-refractivity contribution is -0.126. The van der Waals surface area contributed by atoms with E-state index in [1.807, 2.05) is 42.5 Å². The van der Waals surface area contributed by atoms with Gasteiger partial charge in [-0.1, -0.05) is 42.5 Å². The van der Waals surface area contributed by atoms with Gasteiger partial charge in [-0.3, -0.25) is 4.79 Å². The van der Waals surface area contributed by atoms with Crippen molar-refractivity contribution in [3.8, 4) is 6.07 Å². The highest BCUT2D eigenvalue weighted by atomic mass is 16.5. The largest absolute Gasteiger partial charge is 0.367 e. The van der Waals surface area contributed by atoms with Crippen LogP contribution in [0.25, 0.3) is 0 Å². The van der Waals surface area contributed by atoms with Crippen LogP contribution in [0.5, 0.6) is 0 Å². The molecule has 2 aromatic rings. The molecule has 2 rings (SSSR count). The number of carbonyl (C=O) groups excluding carboxylic acids is 1. The molecule has 0 fully saturated rings. The van der Waals surface area contributed by atoms with E-state index in [0.717, 1.165) is 11.1 Å². The van der Waals surface area contributed by atoms with Crippen molar-refractivity contribution in [1.29, 1.82) is 5.26 Å². The average molecular weight is 280 g/mol. The fourth-order valence-electron chi connectivity index (χ4n) is 2.03. The first-order chi connectivity index (χ1) is 10.2. The molecule has 1 N–H and O–H groups in total. The van der Waals surface area contributed by atoms with Gasteiger partial charge in [0, 0.05) is 12.8 Å². The van der Waals surface area contributed by atoms with E-state index in [9.17, 15) is 4.79 Å². The molecule has 21 heavy (non-hydrogen) atoms. The monoisotopic (exact) mass is 280 g/mol. The summed E-state index contributed by atoms with van der Waals surface area (Å²) in [7, 11) is 1.51. The molecule has 0 saturated heterocycles. The summed E-state index contributed by atoms with van der Waals surface area (Å²) in [5, 5.41) is 11.4. The smallest absolute Gasteiger partial charge is 0.258 e. The summed E-state index contributed by atoms with van der Waals surface area (Å²) < 4.78 is 5.28. The molecule has 1 amide bonds. The van der Waals surface area contributed by atoms with Crippen LogP contribution in [-0.4, -0.2) is 13.0 Å². The fraction of sp³-hybridized carbons (Fsp3) is 0.176. The molecule has 4 nitrogen and oxygen atoms in total. The molecule has 0 aromatic heterocycles. The van der Waals surface area contributed by atoms with Crippen LogP contribution in [0, 0.1) is 11.3 Å². The van der Waals surface area contributed by atoms with E-state index in [0.29, 0.717) is 12.1 Å². The lowest BCUT2D eigenvalue weighted by Gasteiger charge is -2.15. The number of ether oxygens (including phenoxy) is 1. The zero-order valence-corrected chi connectivity index (χ0v) is 11.7. The van der Waals surface area contributed by atoms with E-state index in [1.165, 1.54) is 7.11 Å². The van der Waals surface area contributed by atoms with Crippen molar-refractivity contribution in [2.75, 3.05) is 12.4 Å². The van der Waals surface area contributed by atoms with E-state index >= 15 is 0 Å². The van der Waals surface area contributed by atoms with Crippen LogP contribution in [0.2, 0.25) is 0 Å². The van der Waals surface area contributed by atoms with Crippen molar-refractivity contribution in [3.63, 3.8) is 0 Å². The number of benzene rings is 2. The number of hydrogen-bond donors (Lipinski definition) is 1. The first kappa shape index (κ1) is 14.8. The first-order valence-corrected chi connectivity index (χ1v) is 6.59. The highest BCUT2D eigenvalue weighted by Gasteiger charge is 2.19. The van der Waals surface area contributed by atoms with E-state index in [1.54, 1.807) is 12.1 Å². The lowest BCUT2D eigenvalue weighted by Crippen LogP contribution is -2.22. The molecule has 0 radical (unpaired) electrons. The maximum Gasteiger partial charge on any atom is 0.258 e. The second-order valence-corrected chi connectivity index (χ2v) is 4.55. The van der Waals surface area contributed by atoms with Gasteiger partial charge in [0.2, 0.25) is 0 Å². The predicted octanol–water partition coefficient (Wildman–Crippen LogP) is 3.08. The van der Waals surface area contributed by atoms with Crippen LogP contribution in [0.15, 0.2) is 54.6 Å². The molecular formula is C17H16N2O2. The van der Waals surface area contributed by atoms with Gasteiger partial charge in [-0.25, -0.2) is 0 Å². The van der Waals surface area contributed by atoms with Gasteiger partial charge < -0.3 is 10.1 Å². The minimum Gasteiger partial charge on any atom is -0.367 e. The predicted molar refractivity (Wildman–Crippen MR) is 80.6 cm³/mol. The summed E-state index contributed by atoms with van der Waals surface area (Å²) in [5.41, 5.74) is 2.40. The van der Waals surface area contributed by atoms with Crippen LogP contribution in [-0.2, 0) is 16.0 Å². The Kier molecular flexibility index (Phi) is 5.08. The number of methoxy groups -OCH3 is 1.